The molecule has 2 aliphatic heterocycles. The van der Waals surface area contributed by atoms with Crippen LogP contribution in [0.15, 0.2) is 6.07 Å². The summed E-state index contributed by atoms with van der Waals surface area (Å²) in [5.41, 5.74) is 2.41. The monoisotopic (exact) mass is 220 g/mol. The van der Waals surface area contributed by atoms with Crippen LogP contribution in [0, 0.1) is 0 Å². The Morgan fingerprint density at radius 1 is 1.31 bits per heavy atom. The highest BCUT2D eigenvalue weighted by molar-refractivity contribution is 5.55. The van der Waals surface area contributed by atoms with Crippen molar-refractivity contribution in [2.24, 2.45) is 0 Å². The van der Waals surface area contributed by atoms with E-state index in [1.165, 1.54) is 5.56 Å². The Hall–Kier alpha value is -1.25. The topological polar surface area (TPSA) is 34.2 Å². The number of nitrogens with one attached hydrogen (secondary N) is 1. The fourth-order valence-electron chi connectivity index (χ4n) is 2.25. The smallest absolute Gasteiger partial charge is 0.141 e. The molecule has 0 bridgehead atoms. The van der Waals surface area contributed by atoms with Crippen LogP contribution in [0.5, 0.6) is 5.75 Å². The molecule has 0 spiro atoms. The first kappa shape index (κ1) is 11.2. The van der Waals surface area contributed by atoms with E-state index in [0.717, 1.165) is 30.1 Å². The molecule has 1 aromatic rings. The highest BCUT2D eigenvalue weighted by Gasteiger charge is 2.26. The molecule has 3 nitrogen and oxygen atoms in total. The van der Waals surface area contributed by atoms with Crippen LogP contribution in [-0.4, -0.2) is 17.1 Å². The summed E-state index contributed by atoms with van der Waals surface area (Å²) in [7, 11) is 0. The number of aromatic nitrogens is 1. The normalized spacial score (nSPS) is 24.8. The SMILES string of the molecule is CC.CC1Cc2cc3c(nc2N1)CC(C)O3. The van der Waals surface area contributed by atoms with E-state index in [0.29, 0.717) is 6.04 Å². The summed E-state index contributed by atoms with van der Waals surface area (Å²) in [6, 6.07) is 2.66. The molecule has 88 valence electrons. The number of anilines is 1. The minimum atomic E-state index is 0.289. The first-order chi connectivity index (χ1) is 7.72. The average Bonchev–Trinajstić information content (AvgIpc) is 2.76. The fourth-order valence-corrected chi connectivity index (χ4v) is 2.25. The van der Waals surface area contributed by atoms with Crippen molar-refractivity contribution in [2.45, 2.75) is 52.7 Å². The predicted molar refractivity (Wildman–Crippen MR) is 66.2 cm³/mol. The Kier molecular flexibility index (Phi) is 3.03. The van der Waals surface area contributed by atoms with Gasteiger partial charge in [0.05, 0.1) is 5.69 Å². The largest absolute Gasteiger partial charge is 0.488 e. The molecule has 0 aliphatic carbocycles. The maximum Gasteiger partial charge on any atom is 0.141 e. The van der Waals surface area contributed by atoms with Crippen molar-refractivity contribution in [1.29, 1.82) is 0 Å². The Morgan fingerprint density at radius 3 is 2.81 bits per heavy atom. The molecule has 3 heterocycles. The lowest BCUT2D eigenvalue weighted by molar-refractivity contribution is 0.254. The molecule has 0 saturated carbocycles. The third-order valence-electron chi connectivity index (χ3n) is 2.86. The molecule has 2 unspecified atom stereocenters. The number of rotatable bonds is 0. The van der Waals surface area contributed by atoms with Crippen molar-refractivity contribution in [3.63, 3.8) is 0 Å². The lowest BCUT2D eigenvalue weighted by atomic mass is 10.1. The molecule has 3 rings (SSSR count). The molecule has 1 aromatic heterocycles. The molecule has 2 atom stereocenters. The van der Waals surface area contributed by atoms with Gasteiger partial charge in [0, 0.05) is 18.0 Å². The summed E-state index contributed by atoms with van der Waals surface area (Å²) in [5, 5.41) is 3.38. The third kappa shape index (κ3) is 1.86. The van der Waals surface area contributed by atoms with Gasteiger partial charge in [0.2, 0.25) is 0 Å². The molecule has 1 N–H and O–H groups in total. The second kappa shape index (κ2) is 4.32. The van der Waals surface area contributed by atoms with Gasteiger partial charge in [0.1, 0.15) is 17.7 Å². The first-order valence-corrected chi connectivity index (χ1v) is 6.18. The van der Waals surface area contributed by atoms with Crippen molar-refractivity contribution in [1.82, 2.24) is 4.98 Å². The van der Waals surface area contributed by atoms with Crippen molar-refractivity contribution in [3.05, 3.63) is 17.3 Å². The standard InChI is InChI=1S/C11H14N2O.C2H6/c1-6-3-8-5-10-9(4-7(2)14-10)13-11(8)12-6;1-2/h5-7H,3-4H2,1-2H3,(H,12,13);1-2H3. The van der Waals surface area contributed by atoms with Gasteiger partial charge in [-0.1, -0.05) is 13.8 Å². The van der Waals surface area contributed by atoms with Crippen molar-refractivity contribution < 1.29 is 4.74 Å². The molecule has 0 fully saturated rings. The maximum absolute atomic E-state index is 5.68. The number of ether oxygens (including phenoxy) is 1. The minimum absolute atomic E-state index is 0.289. The van der Waals surface area contributed by atoms with Gasteiger partial charge in [0.25, 0.3) is 0 Å². The van der Waals surface area contributed by atoms with Gasteiger partial charge in [0.15, 0.2) is 0 Å². The van der Waals surface area contributed by atoms with Gasteiger partial charge in [-0.05, 0) is 26.3 Å². The number of fused-ring (bicyclic) bond motifs is 2. The van der Waals surface area contributed by atoms with Crippen molar-refractivity contribution in [2.75, 3.05) is 5.32 Å². The van der Waals surface area contributed by atoms with Crippen LogP contribution in [0.3, 0.4) is 0 Å². The molecule has 3 heteroatoms. The van der Waals surface area contributed by atoms with Gasteiger partial charge in [-0.15, -0.1) is 0 Å². The van der Waals surface area contributed by atoms with Crippen LogP contribution in [0.1, 0.15) is 39.0 Å². The predicted octanol–water partition coefficient (Wildman–Crippen LogP) is 2.79. The molecule has 0 saturated heterocycles. The lowest BCUT2D eigenvalue weighted by Crippen LogP contribution is -2.09. The first-order valence-electron chi connectivity index (χ1n) is 6.18. The molecular weight excluding hydrogens is 200 g/mol. The molecule has 2 aliphatic rings. The minimum Gasteiger partial charge on any atom is -0.488 e. The zero-order chi connectivity index (χ0) is 11.7. The zero-order valence-corrected chi connectivity index (χ0v) is 10.5. The highest BCUT2D eigenvalue weighted by Crippen LogP contribution is 2.34. The molecule has 0 amide bonds. The maximum atomic E-state index is 5.68. The van der Waals surface area contributed by atoms with E-state index in [-0.39, 0.29) is 6.10 Å². The Labute approximate surface area is 97.2 Å². The number of hydrogen-bond acceptors (Lipinski definition) is 3. The second-order valence-corrected chi connectivity index (χ2v) is 4.32. The molecule has 16 heavy (non-hydrogen) atoms. The highest BCUT2D eigenvalue weighted by atomic mass is 16.5. The van der Waals surface area contributed by atoms with Crippen LogP contribution in [0.4, 0.5) is 5.82 Å². The van der Waals surface area contributed by atoms with Crippen LogP contribution >= 0.6 is 0 Å². The van der Waals surface area contributed by atoms with Gasteiger partial charge in [-0.25, -0.2) is 4.98 Å². The number of hydrogen-bond donors (Lipinski definition) is 1. The summed E-state index contributed by atoms with van der Waals surface area (Å²) < 4.78 is 5.68. The summed E-state index contributed by atoms with van der Waals surface area (Å²) in [6.07, 6.45) is 2.30. The fraction of sp³-hybridized carbons (Fsp3) is 0.615. The van der Waals surface area contributed by atoms with Gasteiger partial charge < -0.3 is 10.1 Å². The van der Waals surface area contributed by atoms with Crippen LogP contribution in [-0.2, 0) is 12.8 Å². The van der Waals surface area contributed by atoms with E-state index in [2.05, 4.69) is 30.2 Å². The summed E-state index contributed by atoms with van der Waals surface area (Å²) >= 11 is 0. The second-order valence-electron chi connectivity index (χ2n) is 4.32. The van der Waals surface area contributed by atoms with Crippen molar-refractivity contribution >= 4 is 5.82 Å². The van der Waals surface area contributed by atoms with E-state index in [1.54, 1.807) is 0 Å². The van der Waals surface area contributed by atoms with Gasteiger partial charge in [-0.2, -0.15) is 0 Å². The van der Waals surface area contributed by atoms with E-state index < -0.39 is 0 Å². The summed E-state index contributed by atoms with van der Waals surface area (Å²) in [4.78, 5) is 4.60. The lowest BCUT2D eigenvalue weighted by Gasteiger charge is -2.03. The van der Waals surface area contributed by atoms with Crippen LogP contribution in [0.25, 0.3) is 0 Å². The van der Waals surface area contributed by atoms with Crippen LogP contribution in [0.2, 0.25) is 0 Å². The van der Waals surface area contributed by atoms with Crippen molar-refractivity contribution in [3.8, 4) is 5.75 Å². The van der Waals surface area contributed by atoms with Gasteiger partial charge >= 0.3 is 0 Å². The molecule has 0 radical (unpaired) electrons. The van der Waals surface area contributed by atoms with E-state index in [4.69, 9.17) is 4.74 Å². The summed E-state index contributed by atoms with van der Waals surface area (Å²) in [5.74, 6) is 2.06. The van der Waals surface area contributed by atoms with E-state index in [1.807, 2.05) is 13.8 Å². The number of nitrogens with zero attached hydrogens (tertiary/aromatic N) is 1. The Morgan fingerprint density at radius 2 is 2.06 bits per heavy atom. The Balaban J connectivity index is 0.000000457. The molecular formula is C13H20N2O. The quantitative estimate of drug-likeness (QED) is 0.730. The average molecular weight is 220 g/mol. The Bertz CT molecular complexity index is 322. The van der Waals surface area contributed by atoms with E-state index in [9.17, 15) is 0 Å². The van der Waals surface area contributed by atoms with E-state index >= 15 is 0 Å². The zero-order valence-electron chi connectivity index (χ0n) is 10.5. The summed E-state index contributed by atoms with van der Waals surface area (Å²) in [6.45, 7) is 8.26. The molecule has 0 aromatic carbocycles. The third-order valence-corrected chi connectivity index (χ3v) is 2.86. The van der Waals surface area contributed by atoms with Crippen LogP contribution < -0.4 is 10.1 Å². The number of pyridine rings is 1. The van der Waals surface area contributed by atoms with Gasteiger partial charge in [-0.3, -0.25) is 0 Å².